The normalized spacial score (nSPS) is 13.6. The van der Waals surface area contributed by atoms with Crippen molar-refractivity contribution in [1.82, 2.24) is 14.5 Å². The van der Waals surface area contributed by atoms with Crippen LogP contribution in [0, 0.1) is 18.8 Å². The molecule has 7 heteroatoms. The van der Waals surface area contributed by atoms with Crippen LogP contribution in [0.5, 0.6) is 11.5 Å². The summed E-state index contributed by atoms with van der Waals surface area (Å²) in [5, 5.41) is 2.22. The predicted octanol–water partition coefficient (Wildman–Crippen LogP) is 19.5. The number of anilines is 4. The van der Waals surface area contributed by atoms with E-state index in [4.69, 9.17) is 14.7 Å². The Kier molecular flexibility index (Phi) is 14.4. The molecule has 0 N–H and O–H groups in total. The van der Waals surface area contributed by atoms with Crippen molar-refractivity contribution < 1.29 is 25.8 Å². The molecule has 1 aliphatic heterocycles. The first kappa shape index (κ1) is 56.2. The van der Waals surface area contributed by atoms with Gasteiger partial charge in [-0.2, -0.15) is 12.1 Å². The van der Waals surface area contributed by atoms with Crippen molar-refractivity contribution in [1.29, 1.82) is 0 Å². The Morgan fingerprint density at radius 3 is 1.51 bits per heavy atom. The number of hydrogen-bond donors (Lipinski definition) is 0. The quantitative estimate of drug-likeness (QED) is 0.149. The van der Waals surface area contributed by atoms with E-state index in [-0.39, 0.29) is 53.6 Å². The maximum absolute atomic E-state index is 6.79. The number of benzene rings is 6. The van der Waals surface area contributed by atoms with Crippen LogP contribution in [0.3, 0.4) is 0 Å². The van der Waals surface area contributed by atoms with E-state index in [2.05, 4.69) is 261 Å². The van der Waals surface area contributed by atoms with E-state index in [1.54, 1.807) is 0 Å². The van der Waals surface area contributed by atoms with E-state index in [1.165, 1.54) is 44.5 Å². The van der Waals surface area contributed by atoms with Gasteiger partial charge < -0.3 is 19.1 Å². The third kappa shape index (κ3) is 11.0. The molecule has 9 aromatic rings. The molecule has 78 heavy (non-hydrogen) atoms. The smallest absolute Gasteiger partial charge is 0.135 e. The number of para-hydroxylation sites is 1. The van der Waals surface area contributed by atoms with Gasteiger partial charge in [0.2, 0.25) is 0 Å². The van der Waals surface area contributed by atoms with E-state index in [9.17, 15) is 0 Å². The molecule has 4 heterocycles. The Morgan fingerprint density at radius 1 is 0.436 bits per heavy atom. The number of ether oxygens (including phenoxy) is 1. The molecule has 0 atom stereocenters. The Balaban J connectivity index is 0.00000740. The summed E-state index contributed by atoms with van der Waals surface area (Å²) >= 11 is 0. The zero-order valence-corrected chi connectivity index (χ0v) is 51.6. The zero-order valence-electron chi connectivity index (χ0n) is 49.3. The van der Waals surface area contributed by atoms with E-state index in [0.29, 0.717) is 11.5 Å². The number of fused-ring (bicyclic) bond motifs is 4. The van der Waals surface area contributed by atoms with Gasteiger partial charge in [-0.05, 0) is 125 Å². The van der Waals surface area contributed by atoms with Gasteiger partial charge in [0.05, 0.1) is 5.69 Å². The van der Waals surface area contributed by atoms with Crippen LogP contribution in [0.25, 0.3) is 49.9 Å². The summed E-state index contributed by atoms with van der Waals surface area (Å²) in [7, 11) is 0. The summed E-state index contributed by atoms with van der Waals surface area (Å²) in [6.07, 6.45) is 3.82. The number of hydrogen-bond acceptors (Lipinski definition) is 5. The molecule has 0 spiro atoms. The molecule has 0 radical (unpaired) electrons. The van der Waals surface area contributed by atoms with E-state index >= 15 is 0 Å². The fourth-order valence-corrected chi connectivity index (χ4v) is 10.3. The maximum Gasteiger partial charge on any atom is 0.135 e. The van der Waals surface area contributed by atoms with Crippen LogP contribution in [0.2, 0.25) is 0 Å². The molecule has 6 aromatic carbocycles. The Bertz CT molecular complexity index is 3570. The van der Waals surface area contributed by atoms with Gasteiger partial charge in [-0.25, -0.2) is 9.97 Å². The fourth-order valence-electron chi connectivity index (χ4n) is 10.3. The Hall–Kier alpha value is -6.49. The molecule has 0 fully saturated rings. The third-order valence-corrected chi connectivity index (χ3v) is 15.3. The second kappa shape index (κ2) is 20.0. The van der Waals surface area contributed by atoms with Crippen molar-refractivity contribution in [2.45, 2.75) is 157 Å². The van der Waals surface area contributed by atoms with Gasteiger partial charge in [-0.3, -0.25) is 0 Å². The first-order chi connectivity index (χ1) is 35.9. The van der Waals surface area contributed by atoms with Crippen LogP contribution in [0.4, 0.5) is 22.9 Å². The van der Waals surface area contributed by atoms with Crippen LogP contribution < -0.4 is 14.5 Å². The summed E-state index contributed by atoms with van der Waals surface area (Å²) < 4.78 is 8.99. The first-order valence-corrected chi connectivity index (χ1v) is 27.5. The molecule has 3 aromatic heterocycles. The summed E-state index contributed by atoms with van der Waals surface area (Å²) in [4.78, 5) is 14.7. The molecular formula is C71H78N5OPt-3. The van der Waals surface area contributed by atoms with Crippen molar-refractivity contribution in [3.63, 3.8) is 0 Å². The molecule has 6 nitrogen and oxygen atoms in total. The molecular weight excluding hydrogens is 1130 g/mol. The van der Waals surface area contributed by atoms with Crippen molar-refractivity contribution >= 4 is 44.7 Å². The number of nitrogens with zero attached hydrogens (tertiary/aromatic N) is 5. The zero-order chi connectivity index (χ0) is 55.4. The summed E-state index contributed by atoms with van der Waals surface area (Å²) in [6.45, 7) is 43.8. The summed E-state index contributed by atoms with van der Waals surface area (Å²) in [5.74, 6) is 2.84. The minimum absolute atomic E-state index is 0. The van der Waals surface area contributed by atoms with Gasteiger partial charge >= 0.3 is 0 Å². The van der Waals surface area contributed by atoms with Crippen LogP contribution in [0.15, 0.2) is 140 Å². The second-order valence-electron chi connectivity index (χ2n) is 27.6. The molecule has 0 aliphatic carbocycles. The third-order valence-electron chi connectivity index (χ3n) is 15.3. The topological polar surface area (TPSA) is 46.4 Å². The molecule has 0 amide bonds. The molecule has 0 unspecified atom stereocenters. The van der Waals surface area contributed by atoms with Gasteiger partial charge in [0.1, 0.15) is 11.6 Å². The monoisotopic (exact) mass is 1210 g/mol. The average Bonchev–Trinajstić information content (AvgIpc) is 4.11. The summed E-state index contributed by atoms with van der Waals surface area (Å²) in [5.41, 5.74) is 16.6. The minimum Gasteiger partial charge on any atom is -0.509 e. The number of pyridine rings is 2. The van der Waals surface area contributed by atoms with Crippen LogP contribution in [-0.2, 0) is 53.6 Å². The molecule has 1 aliphatic rings. The fraction of sp³-hybridized carbons (Fsp3) is 0.338. The van der Waals surface area contributed by atoms with Crippen molar-refractivity contribution in [2.75, 3.05) is 9.80 Å². The largest absolute Gasteiger partial charge is 0.509 e. The predicted molar refractivity (Wildman–Crippen MR) is 325 cm³/mol. The Morgan fingerprint density at radius 2 is 0.962 bits per heavy atom. The molecule has 0 bridgehead atoms. The SMILES string of the molecule is CC(C)(C)c1cc(-c2cc(C(C)(C)C)cc(-c3cc(C(C)(C)C)cc(C(C)(C)C)c3)c2N2[CH-]N(c3[c-]c(Oc4[c-]c5c(cc4)c4ccccc4n5-c4cc(C(C)(C)C)ccn4)ccc3)c3cccnc32)cc(C(C)(C)C)c1.[Pt]. The van der Waals surface area contributed by atoms with E-state index in [0.717, 1.165) is 61.6 Å². The van der Waals surface area contributed by atoms with Gasteiger partial charge in [-0.1, -0.05) is 185 Å². The van der Waals surface area contributed by atoms with E-state index < -0.39 is 0 Å². The van der Waals surface area contributed by atoms with Crippen molar-refractivity contribution in [2.24, 2.45) is 0 Å². The van der Waals surface area contributed by atoms with E-state index in [1.807, 2.05) is 36.7 Å². The van der Waals surface area contributed by atoms with Gasteiger partial charge in [0.15, 0.2) is 0 Å². The standard InChI is InChI=1S/C71H78N5O.Pt/c1-66(2,3)47-30-32-72-63(41-47)76-60-26-20-19-25-56(60)57-29-28-55(43-62(57)76)77-54-24-21-23-53(42-54)74-44-75(65-61(74)27-22-31-73-65)64-58(45-33-48(67(4,5)6)37-49(34-45)68(7,8)9)39-52(71(16,17)18)40-59(64)46-35-50(69(10,11)12)38-51(36-46)70(13,14)15;/h19-41,44H,1-18H3;/q-3;. The van der Waals surface area contributed by atoms with Crippen LogP contribution in [-0.4, -0.2) is 14.5 Å². The maximum atomic E-state index is 6.79. The molecule has 406 valence electrons. The van der Waals surface area contributed by atoms with Gasteiger partial charge in [0, 0.05) is 67.3 Å². The second-order valence-corrected chi connectivity index (χ2v) is 27.6. The first-order valence-electron chi connectivity index (χ1n) is 27.5. The van der Waals surface area contributed by atoms with Gasteiger partial charge in [-0.15, -0.1) is 48.1 Å². The van der Waals surface area contributed by atoms with Crippen LogP contribution in [0.1, 0.15) is 158 Å². The van der Waals surface area contributed by atoms with Crippen LogP contribution >= 0.6 is 0 Å². The number of rotatable bonds is 7. The van der Waals surface area contributed by atoms with Crippen molar-refractivity contribution in [3.8, 4) is 39.6 Å². The van der Waals surface area contributed by atoms with Gasteiger partial charge in [0.25, 0.3) is 0 Å². The average molecular weight is 1210 g/mol. The summed E-state index contributed by atoms with van der Waals surface area (Å²) in [6, 6.07) is 54.1. The molecule has 0 saturated heterocycles. The molecule has 10 rings (SSSR count). The number of aromatic nitrogens is 3. The Labute approximate surface area is 480 Å². The minimum atomic E-state index is -0.163. The van der Waals surface area contributed by atoms with Crippen molar-refractivity contribution in [3.05, 3.63) is 192 Å². The molecule has 0 saturated carbocycles.